The summed E-state index contributed by atoms with van der Waals surface area (Å²) in [5, 5.41) is 12.4. The van der Waals surface area contributed by atoms with E-state index in [2.05, 4.69) is 36.5 Å². The molecule has 0 saturated carbocycles. The van der Waals surface area contributed by atoms with E-state index < -0.39 is 12.0 Å². The van der Waals surface area contributed by atoms with Crippen LogP contribution >= 0.6 is 11.8 Å². The van der Waals surface area contributed by atoms with Gasteiger partial charge in [0.2, 0.25) is 0 Å². The molecule has 2 rings (SSSR count). The SMILES string of the molecule is CCCCCCCCCc1cccc([C@@H]2N[C@H](C(=O)O)CS2)c1. The summed E-state index contributed by atoms with van der Waals surface area (Å²) >= 11 is 1.69. The van der Waals surface area contributed by atoms with Crippen LogP contribution in [0.4, 0.5) is 0 Å². The van der Waals surface area contributed by atoms with Gasteiger partial charge in [-0.15, -0.1) is 11.8 Å². The molecule has 2 atom stereocenters. The largest absolute Gasteiger partial charge is 0.480 e. The maximum absolute atomic E-state index is 11.0. The first-order chi connectivity index (χ1) is 11.2. The lowest BCUT2D eigenvalue weighted by molar-refractivity contribution is -0.138. The summed E-state index contributed by atoms with van der Waals surface area (Å²) in [6.45, 7) is 2.25. The lowest BCUT2D eigenvalue weighted by Crippen LogP contribution is -2.33. The minimum Gasteiger partial charge on any atom is -0.480 e. The molecule has 1 saturated heterocycles. The fraction of sp³-hybridized carbons (Fsp3) is 0.632. The molecule has 1 aliphatic rings. The molecule has 0 bridgehead atoms. The molecule has 1 heterocycles. The Balaban J connectivity index is 1.73. The summed E-state index contributed by atoms with van der Waals surface area (Å²) in [7, 11) is 0. The van der Waals surface area contributed by atoms with Crippen LogP contribution in [0.1, 0.15) is 68.4 Å². The Labute approximate surface area is 144 Å². The van der Waals surface area contributed by atoms with Crippen LogP contribution in [0.25, 0.3) is 0 Å². The number of thioether (sulfide) groups is 1. The average Bonchev–Trinajstić information content (AvgIpc) is 3.05. The van der Waals surface area contributed by atoms with Gasteiger partial charge in [-0.25, -0.2) is 0 Å². The van der Waals surface area contributed by atoms with E-state index in [4.69, 9.17) is 5.11 Å². The van der Waals surface area contributed by atoms with Crippen LogP contribution in [-0.4, -0.2) is 22.9 Å². The minimum absolute atomic E-state index is 0.116. The fourth-order valence-electron chi connectivity index (χ4n) is 3.00. The Bertz CT molecular complexity index is 492. The first-order valence-electron chi connectivity index (χ1n) is 8.90. The number of hydrogen-bond donors (Lipinski definition) is 2. The highest BCUT2D eigenvalue weighted by Crippen LogP contribution is 2.33. The normalized spacial score (nSPS) is 20.7. The second-order valence-electron chi connectivity index (χ2n) is 6.39. The number of carboxylic acids is 1. The molecule has 1 fully saturated rings. The Morgan fingerprint density at radius 3 is 2.65 bits per heavy atom. The lowest BCUT2D eigenvalue weighted by Gasteiger charge is -2.12. The fourth-order valence-corrected chi connectivity index (χ4v) is 4.23. The predicted octanol–water partition coefficient (Wildman–Crippen LogP) is 4.77. The molecule has 3 nitrogen and oxygen atoms in total. The van der Waals surface area contributed by atoms with E-state index in [1.54, 1.807) is 11.8 Å². The van der Waals surface area contributed by atoms with E-state index in [9.17, 15) is 4.79 Å². The zero-order valence-electron chi connectivity index (χ0n) is 14.1. The first kappa shape index (κ1) is 18.3. The second-order valence-corrected chi connectivity index (χ2v) is 7.53. The molecule has 1 aromatic carbocycles. The van der Waals surface area contributed by atoms with Gasteiger partial charge < -0.3 is 5.11 Å². The van der Waals surface area contributed by atoms with Gasteiger partial charge in [0, 0.05) is 5.75 Å². The third-order valence-electron chi connectivity index (χ3n) is 4.40. The van der Waals surface area contributed by atoms with Crippen molar-refractivity contribution in [2.45, 2.75) is 69.7 Å². The molecule has 0 radical (unpaired) electrons. The third-order valence-corrected chi connectivity index (χ3v) is 5.67. The van der Waals surface area contributed by atoms with Crippen molar-refractivity contribution in [2.75, 3.05) is 5.75 Å². The topological polar surface area (TPSA) is 49.3 Å². The molecule has 23 heavy (non-hydrogen) atoms. The highest BCUT2D eigenvalue weighted by molar-refractivity contribution is 7.99. The van der Waals surface area contributed by atoms with Crippen LogP contribution in [0.5, 0.6) is 0 Å². The lowest BCUT2D eigenvalue weighted by atomic mass is 10.0. The Morgan fingerprint density at radius 1 is 1.22 bits per heavy atom. The van der Waals surface area contributed by atoms with Gasteiger partial charge in [0.25, 0.3) is 0 Å². The predicted molar refractivity (Wildman–Crippen MR) is 97.9 cm³/mol. The highest BCUT2D eigenvalue weighted by Gasteiger charge is 2.30. The monoisotopic (exact) mass is 335 g/mol. The smallest absolute Gasteiger partial charge is 0.321 e. The molecule has 0 amide bonds. The van der Waals surface area contributed by atoms with Crippen molar-refractivity contribution in [1.82, 2.24) is 5.32 Å². The van der Waals surface area contributed by atoms with E-state index in [0.29, 0.717) is 5.75 Å². The maximum atomic E-state index is 11.0. The number of aliphatic carboxylic acids is 1. The number of benzene rings is 1. The molecular weight excluding hydrogens is 306 g/mol. The maximum Gasteiger partial charge on any atom is 0.321 e. The van der Waals surface area contributed by atoms with Crippen molar-refractivity contribution < 1.29 is 9.90 Å². The zero-order valence-corrected chi connectivity index (χ0v) is 14.9. The van der Waals surface area contributed by atoms with Crippen LogP contribution in [0.15, 0.2) is 24.3 Å². The van der Waals surface area contributed by atoms with Crippen molar-refractivity contribution in [3.63, 3.8) is 0 Å². The molecule has 0 unspecified atom stereocenters. The molecule has 2 N–H and O–H groups in total. The molecule has 0 aliphatic carbocycles. The molecule has 1 aliphatic heterocycles. The summed E-state index contributed by atoms with van der Waals surface area (Å²) in [4.78, 5) is 11.0. The number of nitrogens with one attached hydrogen (secondary N) is 1. The quantitative estimate of drug-likeness (QED) is 0.605. The van der Waals surface area contributed by atoms with Gasteiger partial charge in [-0.3, -0.25) is 10.1 Å². The van der Waals surface area contributed by atoms with Crippen LogP contribution in [-0.2, 0) is 11.2 Å². The number of rotatable bonds is 10. The van der Waals surface area contributed by atoms with E-state index in [0.717, 1.165) is 6.42 Å². The van der Waals surface area contributed by atoms with Crippen molar-refractivity contribution in [3.8, 4) is 0 Å². The molecule has 1 aromatic rings. The van der Waals surface area contributed by atoms with E-state index in [1.165, 1.54) is 56.1 Å². The van der Waals surface area contributed by atoms with Gasteiger partial charge in [-0.1, -0.05) is 69.7 Å². The van der Waals surface area contributed by atoms with Crippen molar-refractivity contribution >= 4 is 17.7 Å². The van der Waals surface area contributed by atoms with Gasteiger partial charge in [0.15, 0.2) is 0 Å². The summed E-state index contributed by atoms with van der Waals surface area (Å²) < 4.78 is 0. The van der Waals surface area contributed by atoms with Gasteiger partial charge >= 0.3 is 5.97 Å². The second kappa shape index (κ2) is 9.99. The zero-order chi connectivity index (χ0) is 16.5. The number of hydrogen-bond acceptors (Lipinski definition) is 3. The molecule has 0 aromatic heterocycles. The van der Waals surface area contributed by atoms with Gasteiger partial charge in [-0.05, 0) is 24.0 Å². The van der Waals surface area contributed by atoms with Gasteiger partial charge in [0.05, 0.1) is 5.37 Å². The first-order valence-corrected chi connectivity index (χ1v) is 9.95. The number of aryl methyl sites for hydroxylation is 1. The Hall–Kier alpha value is -1.00. The summed E-state index contributed by atoms with van der Waals surface area (Å²) in [6.07, 6.45) is 10.5. The minimum atomic E-state index is -0.751. The summed E-state index contributed by atoms with van der Waals surface area (Å²) in [5.41, 5.74) is 2.58. The van der Waals surface area contributed by atoms with Gasteiger partial charge in [-0.2, -0.15) is 0 Å². The standard InChI is InChI=1S/C19H29NO2S/c1-2-3-4-5-6-7-8-10-15-11-9-12-16(13-15)18-20-17(14-23-18)19(21)22/h9,11-13,17-18,20H,2-8,10,14H2,1H3,(H,21,22)/t17-,18+/m0/s1. The third kappa shape index (κ3) is 6.19. The van der Waals surface area contributed by atoms with E-state index in [1.807, 2.05) is 0 Å². The number of carbonyl (C=O) groups is 1. The van der Waals surface area contributed by atoms with E-state index in [-0.39, 0.29) is 5.37 Å². The van der Waals surface area contributed by atoms with Crippen molar-refractivity contribution in [3.05, 3.63) is 35.4 Å². The molecule has 4 heteroatoms. The van der Waals surface area contributed by atoms with Gasteiger partial charge in [0.1, 0.15) is 6.04 Å². The summed E-state index contributed by atoms with van der Waals surface area (Å²) in [5.74, 6) is -0.110. The van der Waals surface area contributed by atoms with E-state index >= 15 is 0 Å². The highest BCUT2D eigenvalue weighted by atomic mass is 32.2. The Morgan fingerprint density at radius 2 is 1.96 bits per heavy atom. The van der Waals surface area contributed by atoms with Crippen LogP contribution < -0.4 is 5.32 Å². The van der Waals surface area contributed by atoms with Crippen LogP contribution in [0.2, 0.25) is 0 Å². The van der Waals surface area contributed by atoms with Crippen LogP contribution in [0.3, 0.4) is 0 Å². The number of unbranched alkanes of at least 4 members (excludes halogenated alkanes) is 6. The Kier molecular flexibility index (Phi) is 7.96. The van der Waals surface area contributed by atoms with Crippen molar-refractivity contribution in [1.29, 1.82) is 0 Å². The van der Waals surface area contributed by atoms with Crippen LogP contribution in [0, 0.1) is 0 Å². The molecule has 0 spiro atoms. The number of carboxylic acid groups (broad SMARTS) is 1. The van der Waals surface area contributed by atoms with Crippen molar-refractivity contribution in [2.24, 2.45) is 0 Å². The average molecular weight is 336 g/mol. The summed E-state index contributed by atoms with van der Waals surface area (Å²) in [6, 6.07) is 8.21. The molecule has 128 valence electrons. The molecular formula is C19H29NO2S.